The lowest BCUT2D eigenvalue weighted by molar-refractivity contribution is -0.464. The summed E-state index contributed by atoms with van der Waals surface area (Å²) in [4.78, 5) is 6.69. The van der Waals surface area contributed by atoms with Crippen molar-refractivity contribution in [3.05, 3.63) is 35.4 Å². The SMILES string of the molecule is CN(C)C1=NC(=[N+](C)C)c2ccccc21. The fourth-order valence-corrected chi connectivity index (χ4v) is 1.78. The van der Waals surface area contributed by atoms with E-state index >= 15 is 0 Å². The van der Waals surface area contributed by atoms with Crippen LogP contribution in [0.15, 0.2) is 29.3 Å². The normalized spacial score (nSPS) is 13.6. The topological polar surface area (TPSA) is 18.6 Å². The molecule has 0 amide bonds. The Morgan fingerprint density at radius 2 is 1.67 bits per heavy atom. The number of benzene rings is 1. The highest BCUT2D eigenvalue weighted by Gasteiger charge is 2.30. The minimum Gasteiger partial charge on any atom is -0.342 e. The van der Waals surface area contributed by atoms with Gasteiger partial charge in [-0.25, -0.2) is 0 Å². The second kappa shape index (κ2) is 3.50. The number of nitrogens with zero attached hydrogens (tertiary/aromatic N) is 3. The van der Waals surface area contributed by atoms with Crippen molar-refractivity contribution in [1.82, 2.24) is 4.90 Å². The van der Waals surface area contributed by atoms with Gasteiger partial charge in [-0.3, -0.25) is 4.58 Å². The van der Waals surface area contributed by atoms with Crippen molar-refractivity contribution >= 4 is 11.7 Å². The number of rotatable bonds is 0. The van der Waals surface area contributed by atoms with E-state index in [2.05, 4.69) is 38.7 Å². The summed E-state index contributed by atoms with van der Waals surface area (Å²) in [6.45, 7) is 0. The Kier molecular flexibility index (Phi) is 2.31. The van der Waals surface area contributed by atoms with E-state index in [1.165, 1.54) is 11.1 Å². The van der Waals surface area contributed by atoms with Gasteiger partial charge in [-0.15, -0.1) is 0 Å². The molecular formula is C12H16N3+. The van der Waals surface area contributed by atoms with Crippen LogP contribution < -0.4 is 0 Å². The Hall–Kier alpha value is -1.64. The Morgan fingerprint density at radius 1 is 1.07 bits per heavy atom. The molecule has 0 spiro atoms. The first-order valence-electron chi connectivity index (χ1n) is 5.01. The number of aliphatic imine (C=N–C) groups is 1. The zero-order valence-corrected chi connectivity index (χ0v) is 9.65. The number of hydrogen-bond acceptors (Lipinski definition) is 1. The first-order chi connectivity index (χ1) is 7.11. The van der Waals surface area contributed by atoms with Crippen LogP contribution in [0.5, 0.6) is 0 Å². The van der Waals surface area contributed by atoms with Crippen molar-refractivity contribution in [2.24, 2.45) is 4.99 Å². The summed E-state index contributed by atoms with van der Waals surface area (Å²) in [7, 11) is 8.09. The molecule has 0 bridgehead atoms. The molecule has 0 unspecified atom stereocenters. The van der Waals surface area contributed by atoms with E-state index in [0.29, 0.717) is 0 Å². The number of hydrogen-bond donors (Lipinski definition) is 0. The summed E-state index contributed by atoms with van der Waals surface area (Å²) in [5, 5.41) is 0. The van der Waals surface area contributed by atoms with Crippen LogP contribution in [0.25, 0.3) is 0 Å². The molecule has 0 atom stereocenters. The Bertz CT molecular complexity index is 452. The van der Waals surface area contributed by atoms with Crippen molar-refractivity contribution < 1.29 is 4.58 Å². The van der Waals surface area contributed by atoms with Gasteiger partial charge in [0, 0.05) is 14.1 Å². The molecule has 0 N–H and O–H groups in total. The van der Waals surface area contributed by atoms with E-state index in [4.69, 9.17) is 0 Å². The Morgan fingerprint density at radius 3 is 2.20 bits per heavy atom. The van der Waals surface area contributed by atoms with Gasteiger partial charge in [0.2, 0.25) is 0 Å². The molecule has 0 saturated carbocycles. The van der Waals surface area contributed by atoms with Gasteiger partial charge in [0.05, 0.1) is 25.2 Å². The third-order valence-electron chi connectivity index (χ3n) is 2.47. The molecule has 1 aromatic carbocycles. The molecule has 0 aliphatic carbocycles. The van der Waals surface area contributed by atoms with Gasteiger partial charge in [0.25, 0.3) is 5.84 Å². The lowest BCUT2D eigenvalue weighted by Gasteiger charge is -2.07. The molecule has 3 nitrogen and oxygen atoms in total. The lowest BCUT2D eigenvalue weighted by Crippen LogP contribution is -2.21. The second-order valence-electron chi connectivity index (χ2n) is 4.09. The summed E-state index contributed by atoms with van der Waals surface area (Å²) < 4.78 is 2.05. The summed E-state index contributed by atoms with van der Waals surface area (Å²) in [5.41, 5.74) is 2.43. The quantitative estimate of drug-likeness (QED) is 0.575. The van der Waals surface area contributed by atoms with Crippen LogP contribution in [0.4, 0.5) is 0 Å². The van der Waals surface area contributed by atoms with Crippen LogP contribution in [0.2, 0.25) is 0 Å². The first-order valence-corrected chi connectivity index (χ1v) is 5.01. The minimum atomic E-state index is 1.04. The van der Waals surface area contributed by atoms with Gasteiger partial charge in [0.1, 0.15) is 0 Å². The van der Waals surface area contributed by atoms with Crippen LogP contribution in [0.1, 0.15) is 11.1 Å². The summed E-state index contributed by atoms with van der Waals surface area (Å²) >= 11 is 0. The maximum absolute atomic E-state index is 4.64. The summed E-state index contributed by atoms with van der Waals surface area (Å²) in [5.74, 6) is 2.07. The van der Waals surface area contributed by atoms with Gasteiger partial charge in [-0.1, -0.05) is 12.1 Å². The van der Waals surface area contributed by atoms with E-state index < -0.39 is 0 Å². The fourth-order valence-electron chi connectivity index (χ4n) is 1.78. The van der Waals surface area contributed by atoms with Crippen molar-refractivity contribution in [3.8, 4) is 0 Å². The van der Waals surface area contributed by atoms with Gasteiger partial charge in [-0.2, -0.15) is 0 Å². The predicted molar refractivity (Wildman–Crippen MR) is 62.9 cm³/mol. The molecule has 78 valence electrons. The third-order valence-corrected chi connectivity index (χ3v) is 2.47. The highest BCUT2D eigenvalue weighted by molar-refractivity contribution is 6.20. The van der Waals surface area contributed by atoms with Gasteiger partial charge in [0.15, 0.2) is 0 Å². The molecule has 0 fully saturated rings. The molecule has 15 heavy (non-hydrogen) atoms. The van der Waals surface area contributed by atoms with Gasteiger partial charge < -0.3 is 4.90 Å². The first kappa shape index (κ1) is 9.90. The van der Waals surface area contributed by atoms with Crippen LogP contribution in [0, 0.1) is 0 Å². The van der Waals surface area contributed by atoms with Crippen molar-refractivity contribution in [2.75, 3.05) is 28.2 Å². The van der Waals surface area contributed by atoms with Crippen molar-refractivity contribution in [1.29, 1.82) is 0 Å². The molecule has 0 saturated heterocycles. The zero-order valence-electron chi connectivity index (χ0n) is 9.65. The Balaban J connectivity index is 2.65. The molecule has 0 radical (unpaired) electrons. The van der Waals surface area contributed by atoms with Crippen molar-refractivity contribution in [3.63, 3.8) is 0 Å². The van der Waals surface area contributed by atoms with E-state index in [0.717, 1.165) is 11.7 Å². The average molecular weight is 202 g/mol. The third kappa shape index (κ3) is 1.54. The number of amidine groups is 2. The molecule has 3 heteroatoms. The fraction of sp³-hybridized carbons (Fsp3) is 0.333. The Labute approximate surface area is 90.4 Å². The predicted octanol–water partition coefficient (Wildman–Crippen LogP) is 1.03. The van der Waals surface area contributed by atoms with Gasteiger partial charge in [-0.05, 0) is 17.1 Å². The van der Waals surface area contributed by atoms with Crippen LogP contribution in [-0.4, -0.2) is 49.3 Å². The minimum absolute atomic E-state index is 1.04. The smallest absolute Gasteiger partial charge is 0.328 e. The average Bonchev–Trinajstić information content (AvgIpc) is 2.56. The molecule has 0 aromatic heterocycles. The van der Waals surface area contributed by atoms with E-state index in [-0.39, 0.29) is 0 Å². The maximum atomic E-state index is 4.64. The van der Waals surface area contributed by atoms with Crippen molar-refractivity contribution in [2.45, 2.75) is 0 Å². The molecule has 1 heterocycles. The molecule has 2 rings (SSSR count). The highest BCUT2D eigenvalue weighted by Crippen LogP contribution is 2.19. The van der Waals surface area contributed by atoms with E-state index in [1.54, 1.807) is 0 Å². The largest absolute Gasteiger partial charge is 0.342 e. The second-order valence-corrected chi connectivity index (χ2v) is 4.09. The van der Waals surface area contributed by atoms with E-state index in [1.807, 2.05) is 28.2 Å². The zero-order chi connectivity index (χ0) is 11.0. The molecule has 1 aliphatic heterocycles. The van der Waals surface area contributed by atoms with Gasteiger partial charge >= 0.3 is 5.84 Å². The molecular weight excluding hydrogens is 186 g/mol. The molecule has 1 aliphatic rings. The maximum Gasteiger partial charge on any atom is 0.328 e. The monoisotopic (exact) mass is 202 g/mol. The molecule has 1 aromatic rings. The standard InChI is InChI=1S/C12H16N3/c1-14(2)11-9-7-5-6-8-10(9)12(13-11)15(3)4/h5-8H,1-4H3/q+1. The van der Waals surface area contributed by atoms with Crippen LogP contribution in [0.3, 0.4) is 0 Å². The summed E-state index contributed by atoms with van der Waals surface area (Å²) in [6, 6.07) is 8.34. The lowest BCUT2D eigenvalue weighted by atomic mass is 10.1. The number of fused-ring (bicyclic) bond motifs is 1. The van der Waals surface area contributed by atoms with Crippen LogP contribution >= 0.6 is 0 Å². The van der Waals surface area contributed by atoms with E-state index in [9.17, 15) is 0 Å². The summed E-state index contributed by atoms with van der Waals surface area (Å²) in [6.07, 6.45) is 0. The highest BCUT2D eigenvalue weighted by atomic mass is 15.2. The van der Waals surface area contributed by atoms with Crippen LogP contribution in [-0.2, 0) is 0 Å².